The lowest BCUT2D eigenvalue weighted by molar-refractivity contribution is -0.870. The van der Waals surface area contributed by atoms with E-state index in [1.807, 2.05) is 21.1 Å². The number of unbranched alkanes of at least 4 members (excludes halogenated alkanes) is 24. The van der Waals surface area contributed by atoms with Crippen LogP contribution in [0, 0.1) is 0 Å². The molecule has 0 aliphatic carbocycles. The Kier molecular flexibility index (Phi) is 37.9. The van der Waals surface area contributed by atoms with Crippen LogP contribution in [0.25, 0.3) is 0 Å². The van der Waals surface area contributed by atoms with Crippen LogP contribution in [0.5, 0.6) is 0 Å². The van der Waals surface area contributed by atoms with Crippen molar-refractivity contribution in [3.8, 4) is 0 Å². The Hall–Kier alpha value is -1.51. The number of ether oxygens (including phenoxy) is 2. The third-order valence-corrected chi connectivity index (χ3v) is 10.9. The van der Waals surface area contributed by atoms with Gasteiger partial charge in [-0.3, -0.25) is 18.6 Å². The highest BCUT2D eigenvalue weighted by molar-refractivity contribution is 7.47. The Morgan fingerprint density at radius 2 is 0.929 bits per heavy atom. The minimum Gasteiger partial charge on any atom is -0.462 e. The molecule has 9 nitrogen and oxygen atoms in total. The highest BCUT2D eigenvalue weighted by atomic mass is 31.2. The normalized spacial score (nSPS) is 13.8. The van der Waals surface area contributed by atoms with Gasteiger partial charge in [0.05, 0.1) is 27.7 Å². The molecule has 56 heavy (non-hydrogen) atoms. The van der Waals surface area contributed by atoms with Crippen LogP contribution in [-0.4, -0.2) is 74.9 Å². The first-order valence-electron chi connectivity index (χ1n) is 23.1. The number of carbonyl (C=O) groups is 2. The molecule has 10 heteroatoms. The molecule has 0 aromatic heterocycles. The van der Waals surface area contributed by atoms with Crippen molar-refractivity contribution in [3.63, 3.8) is 0 Å². The van der Waals surface area contributed by atoms with Crippen LogP contribution in [0.3, 0.4) is 0 Å². The van der Waals surface area contributed by atoms with Crippen molar-refractivity contribution < 1.29 is 42.1 Å². The fourth-order valence-corrected chi connectivity index (χ4v) is 7.03. The van der Waals surface area contributed by atoms with Gasteiger partial charge in [0.1, 0.15) is 19.8 Å². The predicted molar refractivity (Wildman–Crippen MR) is 234 cm³/mol. The molecule has 0 spiro atoms. The molecule has 0 radical (unpaired) electrons. The van der Waals surface area contributed by atoms with Crippen LogP contribution in [0.2, 0.25) is 0 Å². The highest BCUT2D eigenvalue weighted by Crippen LogP contribution is 2.43. The van der Waals surface area contributed by atoms with Crippen LogP contribution in [0.4, 0.5) is 0 Å². The van der Waals surface area contributed by atoms with Gasteiger partial charge in [-0.2, -0.15) is 0 Å². The number of carbonyl (C=O) groups excluding carboxylic acids is 2. The van der Waals surface area contributed by atoms with E-state index in [1.54, 1.807) is 0 Å². The lowest BCUT2D eigenvalue weighted by Crippen LogP contribution is -2.37. The van der Waals surface area contributed by atoms with E-state index in [4.69, 9.17) is 18.5 Å². The first-order valence-corrected chi connectivity index (χ1v) is 24.6. The largest absolute Gasteiger partial charge is 0.472 e. The topological polar surface area (TPSA) is 108 Å². The average Bonchev–Trinajstić information content (AvgIpc) is 3.15. The van der Waals surface area contributed by atoms with Gasteiger partial charge >= 0.3 is 19.8 Å². The van der Waals surface area contributed by atoms with Crippen molar-refractivity contribution in [3.05, 3.63) is 24.3 Å². The molecule has 0 rings (SSSR count). The standard InChI is InChI=1S/C46H88NO8P/c1-6-8-10-12-14-16-18-19-20-21-22-23-24-25-26-27-29-31-33-35-37-39-46(49)55-44(43-54-56(50,51)53-41-40-47(3,4)5)42-52-45(48)38-36-34-32-30-28-17-15-13-11-9-7-2/h13,15,19-20,44H,6-12,14,16-18,21-43H2,1-5H3/p+1/b15-13+,20-19+/t44-/m1/s1. The molecular weight excluding hydrogens is 725 g/mol. The molecule has 330 valence electrons. The lowest BCUT2D eigenvalue weighted by atomic mass is 10.0. The van der Waals surface area contributed by atoms with E-state index in [0.29, 0.717) is 17.4 Å². The van der Waals surface area contributed by atoms with E-state index in [2.05, 4.69) is 38.2 Å². The van der Waals surface area contributed by atoms with Gasteiger partial charge < -0.3 is 18.9 Å². The molecule has 0 amide bonds. The summed E-state index contributed by atoms with van der Waals surface area (Å²) < 4.78 is 34.3. The van der Waals surface area contributed by atoms with Gasteiger partial charge in [-0.05, 0) is 57.8 Å². The highest BCUT2D eigenvalue weighted by Gasteiger charge is 2.27. The maximum absolute atomic E-state index is 12.7. The number of hydrogen-bond donors (Lipinski definition) is 1. The van der Waals surface area contributed by atoms with Crippen molar-refractivity contribution >= 4 is 19.8 Å². The molecule has 1 unspecified atom stereocenters. The van der Waals surface area contributed by atoms with Crippen LogP contribution in [-0.2, 0) is 32.7 Å². The molecule has 0 bridgehead atoms. The average molecular weight is 815 g/mol. The van der Waals surface area contributed by atoms with Crippen LogP contribution < -0.4 is 0 Å². The van der Waals surface area contributed by atoms with Crippen molar-refractivity contribution in [2.45, 2.75) is 213 Å². The summed E-state index contributed by atoms with van der Waals surface area (Å²) in [6.45, 7) is 4.38. The fraction of sp³-hybridized carbons (Fsp3) is 0.870. The number of esters is 2. The van der Waals surface area contributed by atoms with Crippen molar-refractivity contribution in [1.82, 2.24) is 0 Å². The van der Waals surface area contributed by atoms with Crippen LogP contribution >= 0.6 is 7.82 Å². The predicted octanol–water partition coefficient (Wildman–Crippen LogP) is 13.1. The van der Waals surface area contributed by atoms with E-state index < -0.39 is 26.5 Å². The summed E-state index contributed by atoms with van der Waals surface area (Å²) in [5.74, 6) is -0.806. The number of hydrogen-bond acceptors (Lipinski definition) is 7. The van der Waals surface area contributed by atoms with Gasteiger partial charge in [0.25, 0.3) is 0 Å². The Morgan fingerprint density at radius 3 is 1.38 bits per heavy atom. The molecular formula is C46H89NO8P+. The molecule has 0 saturated carbocycles. The number of rotatable bonds is 42. The van der Waals surface area contributed by atoms with Crippen molar-refractivity contribution in [2.24, 2.45) is 0 Å². The Labute approximate surface area is 345 Å². The second-order valence-electron chi connectivity index (χ2n) is 16.8. The second-order valence-corrected chi connectivity index (χ2v) is 18.2. The van der Waals surface area contributed by atoms with Gasteiger partial charge in [0, 0.05) is 12.8 Å². The van der Waals surface area contributed by atoms with E-state index in [0.717, 1.165) is 57.8 Å². The maximum Gasteiger partial charge on any atom is 0.472 e. The zero-order valence-corrected chi connectivity index (χ0v) is 38.0. The molecule has 0 saturated heterocycles. The minimum atomic E-state index is -4.37. The number of likely N-dealkylation sites (N-methyl/N-ethyl adjacent to an activating group) is 1. The first kappa shape index (κ1) is 54.5. The number of allylic oxidation sites excluding steroid dienone is 4. The fourth-order valence-electron chi connectivity index (χ4n) is 6.28. The quantitative estimate of drug-likeness (QED) is 0.0213. The second kappa shape index (κ2) is 39.0. The molecule has 0 aliphatic heterocycles. The van der Waals surface area contributed by atoms with Gasteiger partial charge in [-0.1, -0.05) is 160 Å². The van der Waals surface area contributed by atoms with Gasteiger partial charge in [0.2, 0.25) is 0 Å². The number of nitrogens with zero attached hydrogens (tertiary/aromatic N) is 1. The number of quaternary nitrogens is 1. The molecule has 0 aliphatic rings. The SMILES string of the molecule is CCCC/C=C/CCCCCCCC(=O)OC[C@H](COP(=O)(O)OCC[N+](C)(C)C)OC(=O)CCCCCCCCCCCCC/C=C/CCCCCCCC. The number of phosphoric acid groups is 1. The maximum atomic E-state index is 12.7. The van der Waals surface area contributed by atoms with Crippen molar-refractivity contribution in [1.29, 1.82) is 0 Å². The minimum absolute atomic E-state index is 0.0316. The number of phosphoric ester groups is 1. The molecule has 1 N–H and O–H groups in total. The van der Waals surface area contributed by atoms with E-state index in [-0.39, 0.29) is 32.0 Å². The van der Waals surface area contributed by atoms with Gasteiger partial charge in [-0.15, -0.1) is 0 Å². The van der Waals surface area contributed by atoms with Crippen LogP contribution in [0.15, 0.2) is 24.3 Å². The summed E-state index contributed by atoms with van der Waals surface area (Å²) in [7, 11) is 1.48. The summed E-state index contributed by atoms with van der Waals surface area (Å²) in [4.78, 5) is 35.3. The lowest BCUT2D eigenvalue weighted by Gasteiger charge is -2.24. The zero-order chi connectivity index (χ0) is 41.4. The molecule has 0 aromatic carbocycles. The summed E-state index contributed by atoms with van der Waals surface area (Å²) in [6.07, 6.45) is 42.3. The third-order valence-electron chi connectivity index (χ3n) is 9.95. The first-order chi connectivity index (χ1) is 27.0. The summed E-state index contributed by atoms with van der Waals surface area (Å²) in [5, 5.41) is 0. The zero-order valence-electron chi connectivity index (χ0n) is 37.1. The van der Waals surface area contributed by atoms with E-state index in [1.165, 1.54) is 116 Å². The third kappa shape index (κ3) is 42.1. The summed E-state index contributed by atoms with van der Waals surface area (Å²) >= 11 is 0. The van der Waals surface area contributed by atoms with Gasteiger partial charge in [-0.25, -0.2) is 4.57 Å². The summed E-state index contributed by atoms with van der Waals surface area (Å²) in [6, 6.07) is 0. The monoisotopic (exact) mass is 815 g/mol. The summed E-state index contributed by atoms with van der Waals surface area (Å²) in [5.41, 5.74) is 0. The van der Waals surface area contributed by atoms with Crippen molar-refractivity contribution in [2.75, 3.05) is 47.5 Å². The molecule has 0 aromatic rings. The Bertz CT molecular complexity index is 1010. The molecule has 0 heterocycles. The van der Waals surface area contributed by atoms with Gasteiger partial charge in [0.15, 0.2) is 6.10 Å². The van der Waals surface area contributed by atoms with Crippen LogP contribution in [0.1, 0.15) is 206 Å². The smallest absolute Gasteiger partial charge is 0.462 e. The molecule has 0 fully saturated rings. The Balaban J connectivity index is 4.25. The molecule has 2 atom stereocenters. The Morgan fingerprint density at radius 1 is 0.536 bits per heavy atom. The van der Waals surface area contributed by atoms with E-state index in [9.17, 15) is 19.0 Å². The van der Waals surface area contributed by atoms with E-state index >= 15 is 0 Å².